The molecule has 1 aliphatic rings. The highest BCUT2D eigenvalue weighted by molar-refractivity contribution is 6.16. The van der Waals surface area contributed by atoms with E-state index in [9.17, 15) is 4.79 Å². The molecule has 2 N–H and O–H groups in total. The van der Waals surface area contributed by atoms with Gasteiger partial charge >= 0.3 is 0 Å². The van der Waals surface area contributed by atoms with Crippen LogP contribution in [0.25, 0.3) is 16.0 Å². The summed E-state index contributed by atoms with van der Waals surface area (Å²) in [6, 6.07) is 14.4. The summed E-state index contributed by atoms with van der Waals surface area (Å²) in [5.41, 5.74) is 10.3. The van der Waals surface area contributed by atoms with E-state index in [0.29, 0.717) is 22.7 Å². The number of hydrogen-bond donors (Lipinski definition) is 1. The number of carbonyl (C=O) groups is 1. The van der Waals surface area contributed by atoms with E-state index in [-0.39, 0.29) is 18.9 Å². The first-order chi connectivity index (χ1) is 13.7. The number of fused-ring (bicyclic) bond motifs is 1. The quantitative estimate of drug-likeness (QED) is 0.705. The zero-order valence-corrected chi connectivity index (χ0v) is 14.9. The third-order valence-corrected chi connectivity index (χ3v) is 4.49. The number of ether oxygens (including phenoxy) is 1. The van der Waals surface area contributed by atoms with Crippen molar-refractivity contribution in [3.8, 4) is 22.6 Å². The first-order valence-electron chi connectivity index (χ1n) is 8.70. The summed E-state index contributed by atoms with van der Waals surface area (Å²) in [7, 11) is 0. The molecule has 2 heterocycles. The molecule has 3 aromatic rings. The molecule has 1 aromatic heterocycles. The first kappa shape index (κ1) is 17.6. The normalized spacial score (nSPS) is 12.7. The van der Waals surface area contributed by atoms with Crippen LogP contribution in [0.4, 0.5) is 5.69 Å². The van der Waals surface area contributed by atoms with Gasteiger partial charge < -0.3 is 10.5 Å². The van der Waals surface area contributed by atoms with Crippen molar-refractivity contribution in [1.82, 2.24) is 4.98 Å². The molecular weight excluding hydrogens is 352 g/mol. The zero-order chi connectivity index (χ0) is 19.5. The Balaban J connectivity index is 1.65. The van der Waals surface area contributed by atoms with Crippen LogP contribution in [0.2, 0.25) is 0 Å². The molecule has 1 aliphatic heterocycles. The van der Waals surface area contributed by atoms with Gasteiger partial charge in [0.25, 0.3) is 0 Å². The van der Waals surface area contributed by atoms with Gasteiger partial charge in [0.1, 0.15) is 18.0 Å². The standard InChI is InChI=1S/C22H16N4O2/c1-24-16-3-5-17(6-4-16)28-18-8-15(11-25-12-18)14-2-7-19-20(9-14)21(10-23)26-13-22(19)27/h2-9,11-12H,10,13,23H2. The van der Waals surface area contributed by atoms with Crippen molar-refractivity contribution >= 4 is 17.2 Å². The Morgan fingerprint density at radius 2 is 1.82 bits per heavy atom. The second-order valence-corrected chi connectivity index (χ2v) is 6.27. The van der Waals surface area contributed by atoms with E-state index in [1.807, 2.05) is 24.3 Å². The van der Waals surface area contributed by atoms with Crippen LogP contribution in [0.1, 0.15) is 15.9 Å². The molecule has 2 aromatic carbocycles. The monoisotopic (exact) mass is 368 g/mol. The lowest BCUT2D eigenvalue weighted by molar-refractivity contribution is 0.1000. The number of pyridine rings is 1. The number of aliphatic imine (C=N–C) groups is 1. The highest BCUT2D eigenvalue weighted by Gasteiger charge is 2.20. The maximum Gasteiger partial charge on any atom is 0.187 e. The van der Waals surface area contributed by atoms with Crippen molar-refractivity contribution in [1.29, 1.82) is 0 Å². The molecule has 0 atom stereocenters. The van der Waals surface area contributed by atoms with Crippen LogP contribution in [-0.4, -0.2) is 29.6 Å². The topological polar surface area (TPSA) is 81.9 Å². The Labute approximate surface area is 162 Å². The number of ketones is 1. The minimum Gasteiger partial charge on any atom is -0.456 e. The molecule has 0 aliphatic carbocycles. The molecule has 0 spiro atoms. The number of rotatable bonds is 4. The largest absolute Gasteiger partial charge is 0.456 e. The van der Waals surface area contributed by atoms with Crippen LogP contribution in [0, 0.1) is 6.57 Å². The van der Waals surface area contributed by atoms with Gasteiger partial charge in [-0.15, -0.1) is 0 Å². The predicted octanol–water partition coefficient (Wildman–Crippen LogP) is 4.04. The van der Waals surface area contributed by atoms with Gasteiger partial charge in [0.2, 0.25) is 0 Å². The van der Waals surface area contributed by atoms with Gasteiger partial charge in [-0.3, -0.25) is 14.8 Å². The Bertz CT molecular complexity index is 1130. The summed E-state index contributed by atoms with van der Waals surface area (Å²) in [4.78, 5) is 24.0. The molecule has 6 nitrogen and oxygen atoms in total. The second-order valence-electron chi connectivity index (χ2n) is 6.27. The molecular formula is C22H16N4O2. The number of carbonyl (C=O) groups excluding carboxylic acids is 1. The highest BCUT2D eigenvalue weighted by Crippen LogP contribution is 2.29. The fourth-order valence-electron chi connectivity index (χ4n) is 3.08. The molecule has 0 saturated carbocycles. The SMILES string of the molecule is [C-]#[N+]c1ccc(Oc2cncc(-c3ccc4c(c3)C(CN)=NCC4=O)c2)cc1. The third-order valence-electron chi connectivity index (χ3n) is 4.49. The second kappa shape index (κ2) is 7.43. The maximum atomic E-state index is 12.1. The molecule has 0 radical (unpaired) electrons. The van der Waals surface area contributed by atoms with Crippen LogP contribution < -0.4 is 10.5 Å². The van der Waals surface area contributed by atoms with Crippen molar-refractivity contribution in [2.45, 2.75) is 0 Å². The van der Waals surface area contributed by atoms with E-state index in [4.69, 9.17) is 17.0 Å². The van der Waals surface area contributed by atoms with Gasteiger partial charge in [-0.05, 0) is 29.8 Å². The number of hydrogen-bond acceptors (Lipinski definition) is 5. The van der Waals surface area contributed by atoms with Gasteiger partial charge in [-0.1, -0.05) is 24.3 Å². The number of benzene rings is 2. The smallest absolute Gasteiger partial charge is 0.187 e. The van der Waals surface area contributed by atoms with Crippen molar-refractivity contribution in [3.05, 3.63) is 83.5 Å². The average Bonchev–Trinajstić information content (AvgIpc) is 2.74. The van der Waals surface area contributed by atoms with Crippen molar-refractivity contribution in [2.24, 2.45) is 10.7 Å². The molecule has 0 amide bonds. The van der Waals surface area contributed by atoms with Crippen molar-refractivity contribution < 1.29 is 9.53 Å². The lowest BCUT2D eigenvalue weighted by atomic mass is 9.93. The molecule has 0 bridgehead atoms. The Hall–Kier alpha value is -3.82. The number of Topliss-reactive ketones (excluding diaryl/α,β-unsaturated/α-hetero) is 1. The van der Waals surface area contributed by atoms with Crippen LogP contribution in [0.3, 0.4) is 0 Å². The van der Waals surface area contributed by atoms with E-state index >= 15 is 0 Å². The fraction of sp³-hybridized carbons (Fsp3) is 0.0909. The highest BCUT2D eigenvalue weighted by atomic mass is 16.5. The summed E-state index contributed by atoms with van der Waals surface area (Å²) in [6.45, 7) is 7.43. The molecule has 0 saturated heterocycles. The molecule has 4 rings (SSSR count). The summed E-state index contributed by atoms with van der Waals surface area (Å²) in [6.07, 6.45) is 3.36. The number of nitrogens with zero attached hydrogens (tertiary/aromatic N) is 3. The van der Waals surface area contributed by atoms with Gasteiger partial charge in [-0.2, -0.15) is 0 Å². The van der Waals surface area contributed by atoms with Crippen LogP contribution in [0.15, 0.2) is 65.9 Å². The van der Waals surface area contributed by atoms with Crippen molar-refractivity contribution in [3.63, 3.8) is 0 Å². The molecule has 28 heavy (non-hydrogen) atoms. The number of aromatic nitrogens is 1. The third kappa shape index (κ3) is 3.39. The van der Waals surface area contributed by atoms with E-state index in [0.717, 1.165) is 22.4 Å². The number of nitrogens with two attached hydrogens (primary N) is 1. The van der Waals surface area contributed by atoms with E-state index in [1.165, 1.54) is 0 Å². The average molecular weight is 368 g/mol. The van der Waals surface area contributed by atoms with Gasteiger partial charge in [0.05, 0.1) is 18.5 Å². The zero-order valence-electron chi connectivity index (χ0n) is 14.9. The Kier molecular flexibility index (Phi) is 4.67. The lowest BCUT2D eigenvalue weighted by Crippen LogP contribution is -2.24. The van der Waals surface area contributed by atoms with Crippen LogP contribution >= 0.6 is 0 Å². The lowest BCUT2D eigenvalue weighted by Gasteiger charge is -2.16. The maximum absolute atomic E-state index is 12.1. The molecule has 136 valence electrons. The van der Waals surface area contributed by atoms with E-state index in [2.05, 4.69) is 14.8 Å². The van der Waals surface area contributed by atoms with Gasteiger partial charge in [0, 0.05) is 29.4 Å². The predicted molar refractivity (Wildman–Crippen MR) is 107 cm³/mol. The van der Waals surface area contributed by atoms with Crippen LogP contribution in [-0.2, 0) is 0 Å². The fourth-order valence-corrected chi connectivity index (χ4v) is 3.08. The first-order valence-corrected chi connectivity index (χ1v) is 8.70. The summed E-state index contributed by atoms with van der Waals surface area (Å²) < 4.78 is 5.85. The molecule has 0 fully saturated rings. The summed E-state index contributed by atoms with van der Waals surface area (Å²) in [5.74, 6) is 1.20. The minimum absolute atomic E-state index is 0.00294. The Morgan fingerprint density at radius 3 is 2.57 bits per heavy atom. The van der Waals surface area contributed by atoms with E-state index < -0.39 is 0 Å². The summed E-state index contributed by atoms with van der Waals surface area (Å²) >= 11 is 0. The van der Waals surface area contributed by atoms with Crippen LogP contribution in [0.5, 0.6) is 11.5 Å². The minimum atomic E-state index is -0.00294. The van der Waals surface area contributed by atoms with Gasteiger partial charge in [-0.25, -0.2) is 4.85 Å². The van der Waals surface area contributed by atoms with E-state index in [1.54, 1.807) is 36.7 Å². The molecule has 6 heteroatoms. The molecule has 0 unspecified atom stereocenters. The Morgan fingerprint density at radius 1 is 1.00 bits per heavy atom. The van der Waals surface area contributed by atoms with Crippen molar-refractivity contribution in [2.75, 3.05) is 13.1 Å². The van der Waals surface area contributed by atoms with Gasteiger partial charge in [0.15, 0.2) is 11.5 Å². The summed E-state index contributed by atoms with van der Waals surface area (Å²) in [5, 5.41) is 0.